The van der Waals surface area contributed by atoms with Crippen LogP contribution < -0.4 is 4.72 Å². The molecule has 0 heterocycles. The number of alkyl halides is 3. The van der Waals surface area contributed by atoms with Crippen LogP contribution in [-0.2, 0) is 16.2 Å². The lowest BCUT2D eigenvalue weighted by atomic mass is 10.8. The van der Waals surface area contributed by atoms with Crippen LogP contribution in [-0.4, -0.2) is 16.0 Å². The van der Waals surface area contributed by atoms with Crippen LogP contribution in [0.25, 0.3) is 0 Å². The Kier molecular flexibility index (Phi) is 2.97. The summed E-state index contributed by atoms with van der Waals surface area (Å²) in [6.07, 6.45) is 0. The predicted octanol–water partition coefficient (Wildman–Crippen LogP) is 0.306. The van der Waals surface area contributed by atoms with E-state index in [-0.39, 0.29) is 0 Å². The summed E-state index contributed by atoms with van der Waals surface area (Å²) in [4.78, 5) is 9.90. The fraction of sp³-hybridized carbons (Fsp3) is 0.667. The summed E-state index contributed by atoms with van der Waals surface area (Å²) in [7, 11) is 0. The van der Waals surface area contributed by atoms with Crippen molar-refractivity contribution in [2.75, 3.05) is 0 Å². The Bertz CT molecular complexity index is 136. The van der Waals surface area contributed by atoms with Gasteiger partial charge in [-0.15, -0.1) is 13.2 Å². The molecule has 0 aliphatic rings. The molecule has 0 aromatic carbocycles. The third kappa shape index (κ3) is 3.57. The second kappa shape index (κ2) is 3.11. The Morgan fingerprint density at radius 1 is 1.60 bits per heavy atom. The van der Waals surface area contributed by atoms with Gasteiger partial charge in [0.15, 0.2) is 11.4 Å². The maximum atomic E-state index is 11.3. The molecule has 7 heteroatoms. The van der Waals surface area contributed by atoms with E-state index in [0.29, 0.717) is 0 Å². The Balaban J connectivity index is 3.85. The summed E-state index contributed by atoms with van der Waals surface area (Å²) in [5.74, 6) is -0.976. The summed E-state index contributed by atoms with van der Waals surface area (Å²) in [6.45, 7) is 0.851. The van der Waals surface area contributed by atoms with Crippen molar-refractivity contribution in [2.45, 2.75) is 12.4 Å². The molecule has 0 aliphatic carbocycles. The number of hydrogen-bond donors (Lipinski definition) is 1. The van der Waals surface area contributed by atoms with Gasteiger partial charge in [-0.1, -0.05) is 0 Å². The van der Waals surface area contributed by atoms with E-state index in [1.165, 1.54) is 4.72 Å². The first kappa shape index (κ1) is 9.57. The van der Waals surface area contributed by atoms with Crippen LogP contribution in [0.5, 0.6) is 0 Å². The summed E-state index contributed by atoms with van der Waals surface area (Å²) < 4.78 is 45.0. The quantitative estimate of drug-likeness (QED) is 0.583. The van der Waals surface area contributed by atoms with Gasteiger partial charge in [0.2, 0.25) is 0 Å². The average Bonchev–Trinajstić information content (AvgIpc) is 1.60. The SMILES string of the molecule is CC(=O)N[S+]([O-])C(F)(F)F. The number of nitrogens with one attached hydrogen (secondary N) is 1. The molecule has 3 nitrogen and oxygen atoms in total. The van der Waals surface area contributed by atoms with Crippen molar-refractivity contribution in [1.29, 1.82) is 0 Å². The number of hydrogen-bond acceptors (Lipinski definition) is 2. The highest BCUT2D eigenvalue weighted by Crippen LogP contribution is 2.21. The van der Waals surface area contributed by atoms with E-state index in [1.807, 2.05) is 0 Å². The molecule has 0 saturated heterocycles. The number of amides is 1. The highest BCUT2D eigenvalue weighted by molar-refractivity contribution is 7.90. The van der Waals surface area contributed by atoms with E-state index in [1.54, 1.807) is 0 Å². The fourth-order valence-electron chi connectivity index (χ4n) is 0.188. The second-order valence-electron chi connectivity index (χ2n) is 1.37. The van der Waals surface area contributed by atoms with Gasteiger partial charge in [0.1, 0.15) is 0 Å². The second-order valence-corrected chi connectivity index (χ2v) is 2.58. The molecule has 1 N–H and O–H groups in total. The third-order valence-electron chi connectivity index (χ3n) is 0.447. The first-order valence-electron chi connectivity index (χ1n) is 2.10. The van der Waals surface area contributed by atoms with Crippen molar-refractivity contribution < 1.29 is 22.5 Å². The minimum atomic E-state index is -4.87. The highest BCUT2D eigenvalue weighted by Gasteiger charge is 2.46. The van der Waals surface area contributed by atoms with E-state index >= 15 is 0 Å². The monoisotopic (exact) mass is 175 g/mol. The average molecular weight is 175 g/mol. The Morgan fingerprint density at radius 2 is 2.00 bits per heavy atom. The lowest BCUT2D eigenvalue weighted by Gasteiger charge is -2.09. The molecule has 1 unspecified atom stereocenters. The van der Waals surface area contributed by atoms with Gasteiger partial charge in [0.25, 0.3) is 5.91 Å². The minimum Gasteiger partial charge on any atom is -0.586 e. The zero-order valence-corrected chi connectivity index (χ0v) is 5.68. The van der Waals surface area contributed by atoms with Gasteiger partial charge in [0, 0.05) is 6.92 Å². The summed E-state index contributed by atoms with van der Waals surface area (Å²) in [5, 5.41) is 0. The molecule has 0 radical (unpaired) electrons. The molecule has 60 valence electrons. The molecule has 10 heavy (non-hydrogen) atoms. The molecule has 1 atom stereocenters. The molecular formula is C3H4F3NO2S. The molecule has 0 aliphatic heterocycles. The highest BCUT2D eigenvalue weighted by atomic mass is 32.2. The lowest BCUT2D eigenvalue weighted by molar-refractivity contribution is -0.117. The smallest absolute Gasteiger partial charge is 0.586 e. The van der Waals surface area contributed by atoms with Crippen molar-refractivity contribution in [1.82, 2.24) is 4.72 Å². The topological polar surface area (TPSA) is 52.2 Å². The summed E-state index contributed by atoms with van der Waals surface area (Å²) >= 11 is -3.27. The van der Waals surface area contributed by atoms with Gasteiger partial charge in [-0.3, -0.25) is 4.79 Å². The van der Waals surface area contributed by atoms with E-state index in [0.717, 1.165) is 6.92 Å². The van der Waals surface area contributed by atoms with Crippen molar-refractivity contribution in [3.8, 4) is 0 Å². The molecule has 1 amide bonds. The molecule has 0 bridgehead atoms. The maximum absolute atomic E-state index is 11.3. The molecule has 0 rings (SSSR count). The lowest BCUT2D eigenvalue weighted by Crippen LogP contribution is -2.38. The van der Waals surface area contributed by atoms with E-state index in [2.05, 4.69) is 0 Å². The van der Waals surface area contributed by atoms with Gasteiger partial charge in [-0.05, 0) is 0 Å². The Morgan fingerprint density at radius 3 is 2.10 bits per heavy atom. The van der Waals surface area contributed by atoms with Gasteiger partial charge in [0.05, 0.1) is 0 Å². The summed E-state index contributed by atoms with van der Waals surface area (Å²) in [6, 6.07) is 0. The normalized spacial score (nSPS) is 14.5. The van der Waals surface area contributed by atoms with Gasteiger partial charge >= 0.3 is 5.51 Å². The van der Waals surface area contributed by atoms with Crippen LogP contribution in [0.1, 0.15) is 6.92 Å². The first-order valence-corrected chi connectivity index (χ1v) is 3.25. The van der Waals surface area contributed by atoms with E-state index in [4.69, 9.17) is 0 Å². The number of rotatable bonds is 1. The Labute approximate surface area is 57.9 Å². The third-order valence-corrected chi connectivity index (χ3v) is 1.34. The molecule has 0 aromatic heterocycles. The molecule has 0 saturated carbocycles. The maximum Gasteiger partial charge on any atom is 0.598 e. The van der Waals surface area contributed by atoms with Crippen molar-refractivity contribution >= 4 is 17.3 Å². The van der Waals surface area contributed by atoms with Gasteiger partial charge in [-0.25, -0.2) is 0 Å². The minimum absolute atomic E-state index is 0.851. The number of carbonyl (C=O) groups is 1. The van der Waals surface area contributed by atoms with Crippen LogP contribution in [0, 0.1) is 0 Å². The standard InChI is InChI=1S/C3H4F3NO2S/c1-2(8)7-10(9)3(4,5)6/h1H3,(H,7,8). The van der Waals surface area contributed by atoms with Crippen molar-refractivity contribution in [3.05, 3.63) is 0 Å². The van der Waals surface area contributed by atoms with Crippen molar-refractivity contribution in [3.63, 3.8) is 0 Å². The Hall–Kier alpha value is -0.430. The molecule has 0 spiro atoms. The molecular weight excluding hydrogens is 171 g/mol. The number of halogens is 3. The van der Waals surface area contributed by atoms with Crippen LogP contribution >= 0.6 is 0 Å². The van der Waals surface area contributed by atoms with Gasteiger partial charge < -0.3 is 4.55 Å². The van der Waals surface area contributed by atoms with Crippen LogP contribution in [0.4, 0.5) is 13.2 Å². The summed E-state index contributed by atoms with van der Waals surface area (Å²) in [5.41, 5.74) is -4.87. The fourth-order valence-corrected chi connectivity index (χ4v) is 0.565. The van der Waals surface area contributed by atoms with E-state index < -0.39 is 22.8 Å². The molecule has 0 fully saturated rings. The molecule has 0 aromatic rings. The van der Waals surface area contributed by atoms with E-state index in [9.17, 15) is 22.5 Å². The largest absolute Gasteiger partial charge is 0.598 e. The van der Waals surface area contributed by atoms with Crippen LogP contribution in [0.2, 0.25) is 0 Å². The first-order chi connectivity index (χ1) is 4.34. The zero-order chi connectivity index (χ0) is 8.36. The van der Waals surface area contributed by atoms with Crippen LogP contribution in [0.15, 0.2) is 0 Å². The zero-order valence-electron chi connectivity index (χ0n) is 4.86. The predicted molar refractivity (Wildman–Crippen MR) is 28.0 cm³/mol. The van der Waals surface area contributed by atoms with Crippen molar-refractivity contribution in [2.24, 2.45) is 0 Å². The van der Waals surface area contributed by atoms with Crippen LogP contribution in [0.3, 0.4) is 0 Å². The number of carbonyl (C=O) groups excluding carboxylic acids is 1. The van der Waals surface area contributed by atoms with Gasteiger partial charge in [-0.2, -0.15) is 4.72 Å².